The zero-order valence-corrected chi connectivity index (χ0v) is 7.59. The third-order valence-corrected chi connectivity index (χ3v) is 1.87. The maximum atomic E-state index is 8.73. The normalized spacial score (nSPS) is 12.0. The molecule has 0 spiro atoms. The molecule has 0 aliphatic carbocycles. The van der Waals surface area contributed by atoms with Crippen LogP contribution in [0.15, 0.2) is 0 Å². The second kappa shape index (κ2) is 5.52. The average molecular weight is 162 g/mol. The van der Waals surface area contributed by atoms with Crippen LogP contribution in [-0.4, -0.2) is 31.7 Å². The fourth-order valence-corrected chi connectivity index (χ4v) is 1.17. The fraction of sp³-hybridized carbons (Fsp3) is 1.00. The third-order valence-electron chi connectivity index (χ3n) is 1.87. The number of methoxy groups -OCH3 is 2. The van der Waals surface area contributed by atoms with E-state index in [4.69, 9.17) is 14.6 Å². The van der Waals surface area contributed by atoms with Gasteiger partial charge in [-0.3, -0.25) is 0 Å². The summed E-state index contributed by atoms with van der Waals surface area (Å²) >= 11 is 0. The minimum Gasteiger partial charge on any atom is -0.396 e. The highest BCUT2D eigenvalue weighted by Gasteiger charge is 2.27. The van der Waals surface area contributed by atoms with Gasteiger partial charge in [-0.15, -0.1) is 0 Å². The van der Waals surface area contributed by atoms with Crippen LogP contribution < -0.4 is 0 Å². The minimum atomic E-state index is -0.566. The van der Waals surface area contributed by atoms with E-state index >= 15 is 0 Å². The Bertz CT molecular complexity index is 81.3. The van der Waals surface area contributed by atoms with Crippen LogP contribution >= 0.6 is 0 Å². The van der Waals surface area contributed by atoms with Crippen LogP contribution in [0.25, 0.3) is 0 Å². The molecule has 3 nitrogen and oxygen atoms in total. The standard InChI is InChI=1S/C8H18O3/c1-4-5-8(10-2,11-3)6-7-9/h9H,4-7H2,1-3H3. The first-order valence-electron chi connectivity index (χ1n) is 3.96. The lowest BCUT2D eigenvalue weighted by Crippen LogP contribution is -2.34. The van der Waals surface area contributed by atoms with Gasteiger partial charge in [-0.1, -0.05) is 13.3 Å². The maximum Gasteiger partial charge on any atom is 0.169 e. The van der Waals surface area contributed by atoms with Crippen molar-refractivity contribution in [3.8, 4) is 0 Å². The summed E-state index contributed by atoms with van der Waals surface area (Å²) in [5.41, 5.74) is 0. The number of aliphatic hydroxyl groups is 1. The van der Waals surface area contributed by atoms with E-state index in [9.17, 15) is 0 Å². The maximum absolute atomic E-state index is 8.73. The molecule has 0 atom stereocenters. The topological polar surface area (TPSA) is 38.7 Å². The monoisotopic (exact) mass is 162 g/mol. The first-order chi connectivity index (χ1) is 5.24. The third kappa shape index (κ3) is 3.18. The van der Waals surface area contributed by atoms with Gasteiger partial charge < -0.3 is 14.6 Å². The summed E-state index contributed by atoms with van der Waals surface area (Å²) in [5.74, 6) is -0.566. The molecule has 68 valence electrons. The van der Waals surface area contributed by atoms with Gasteiger partial charge in [-0.25, -0.2) is 0 Å². The van der Waals surface area contributed by atoms with E-state index in [2.05, 4.69) is 6.92 Å². The Morgan fingerprint density at radius 1 is 1.18 bits per heavy atom. The molecule has 0 aromatic carbocycles. The summed E-state index contributed by atoms with van der Waals surface area (Å²) < 4.78 is 10.4. The molecule has 0 saturated carbocycles. The van der Waals surface area contributed by atoms with Gasteiger partial charge in [0.25, 0.3) is 0 Å². The molecule has 0 aromatic rings. The molecule has 0 saturated heterocycles. The van der Waals surface area contributed by atoms with Crippen molar-refractivity contribution >= 4 is 0 Å². The van der Waals surface area contributed by atoms with E-state index in [1.165, 1.54) is 0 Å². The van der Waals surface area contributed by atoms with E-state index in [1.807, 2.05) is 0 Å². The van der Waals surface area contributed by atoms with Crippen molar-refractivity contribution in [2.24, 2.45) is 0 Å². The van der Waals surface area contributed by atoms with Gasteiger partial charge in [-0.2, -0.15) is 0 Å². The summed E-state index contributed by atoms with van der Waals surface area (Å²) in [5, 5.41) is 8.73. The van der Waals surface area contributed by atoms with Crippen LogP contribution in [0.2, 0.25) is 0 Å². The van der Waals surface area contributed by atoms with E-state index in [-0.39, 0.29) is 6.61 Å². The zero-order valence-electron chi connectivity index (χ0n) is 7.59. The van der Waals surface area contributed by atoms with E-state index in [0.29, 0.717) is 6.42 Å². The Balaban J connectivity index is 3.96. The smallest absolute Gasteiger partial charge is 0.169 e. The highest BCUT2D eigenvalue weighted by Crippen LogP contribution is 2.21. The SMILES string of the molecule is CCCC(CCO)(OC)OC. The van der Waals surface area contributed by atoms with Gasteiger partial charge in [0, 0.05) is 33.7 Å². The molecule has 0 bridgehead atoms. The highest BCUT2D eigenvalue weighted by molar-refractivity contribution is 4.67. The highest BCUT2D eigenvalue weighted by atomic mass is 16.7. The number of ether oxygens (including phenoxy) is 2. The van der Waals surface area contributed by atoms with E-state index < -0.39 is 5.79 Å². The molecule has 0 aliphatic heterocycles. The van der Waals surface area contributed by atoms with Crippen molar-refractivity contribution in [3.05, 3.63) is 0 Å². The second-order valence-electron chi connectivity index (χ2n) is 2.54. The number of aliphatic hydroxyl groups excluding tert-OH is 1. The Morgan fingerprint density at radius 2 is 1.73 bits per heavy atom. The molecule has 0 aliphatic rings. The summed E-state index contributed by atoms with van der Waals surface area (Å²) in [6, 6.07) is 0. The Labute approximate surface area is 68.3 Å². The molecular formula is C8H18O3. The number of rotatable bonds is 6. The van der Waals surface area contributed by atoms with Crippen molar-refractivity contribution in [2.45, 2.75) is 32.0 Å². The molecule has 1 N–H and O–H groups in total. The molecule has 0 fully saturated rings. The average Bonchev–Trinajstić information content (AvgIpc) is 2.04. The van der Waals surface area contributed by atoms with Gasteiger partial charge in [0.2, 0.25) is 0 Å². The van der Waals surface area contributed by atoms with Crippen LogP contribution in [0, 0.1) is 0 Å². The van der Waals surface area contributed by atoms with Gasteiger partial charge >= 0.3 is 0 Å². The lowest BCUT2D eigenvalue weighted by Gasteiger charge is -2.29. The minimum absolute atomic E-state index is 0.0989. The summed E-state index contributed by atoms with van der Waals surface area (Å²) in [7, 11) is 3.21. The van der Waals surface area contributed by atoms with Gasteiger partial charge in [0.05, 0.1) is 0 Å². The lowest BCUT2D eigenvalue weighted by atomic mass is 10.1. The number of hydrogen-bond acceptors (Lipinski definition) is 3. The Hall–Kier alpha value is -0.120. The van der Waals surface area contributed by atoms with Crippen LogP contribution in [0.4, 0.5) is 0 Å². The van der Waals surface area contributed by atoms with Crippen LogP contribution in [0.1, 0.15) is 26.2 Å². The molecule has 0 amide bonds. The molecule has 0 heterocycles. The first-order valence-corrected chi connectivity index (χ1v) is 3.96. The Morgan fingerprint density at radius 3 is 2.00 bits per heavy atom. The van der Waals surface area contributed by atoms with E-state index in [0.717, 1.165) is 12.8 Å². The molecule has 0 unspecified atom stereocenters. The van der Waals surface area contributed by atoms with Crippen LogP contribution in [0.5, 0.6) is 0 Å². The zero-order chi connectivity index (χ0) is 8.74. The molecular weight excluding hydrogens is 144 g/mol. The van der Waals surface area contributed by atoms with Crippen LogP contribution in [-0.2, 0) is 9.47 Å². The molecule has 11 heavy (non-hydrogen) atoms. The van der Waals surface area contributed by atoms with Crippen LogP contribution in [0.3, 0.4) is 0 Å². The van der Waals surface area contributed by atoms with Crippen molar-refractivity contribution < 1.29 is 14.6 Å². The van der Waals surface area contributed by atoms with Crippen molar-refractivity contribution in [2.75, 3.05) is 20.8 Å². The predicted molar refractivity (Wildman–Crippen MR) is 43.4 cm³/mol. The summed E-state index contributed by atoms with van der Waals surface area (Å²) in [6.07, 6.45) is 2.34. The first kappa shape index (κ1) is 10.9. The largest absolute Gasteiger partial charge is 0.396 e. The molecule has 0 radical (unpaired) electrons. The Kier molecular flexibility index (Phi) is 5.46. The molecule has 0 rings (SSSR count). The van der Waals surface area contributed by atoms with E-state index in [1.54, 1.807) is 14.2 Å². The predicted octanol–water partition coefficient (Wildman–Crippen LogP) is 1.16. The molecule has 3 heteroatoms. The van der Waals surface area contributed by atoms with Gasteiger partial charge in [0.1, 0.15) is 0 Å². The lowest BCUT2D eigenvalue weighted by molar-refractivity contribution is -0.218. The van der Waals surface area contributed by atoms with Gasteiger partial charge in [0.15, 0.2) is 5.79 Å². The number of hydrogen-bond donors (Lipinski definition) is 1. The molecule has 0 aromatic heterocycles. The summed E-state index contributed by atoms with van der Waals surface area (Å²) in [6.45, 7) is 2.16. The van der Waals surface area contributed by atoms with Crippen molar-refractivity contribution in [1.29, 1.82) is 0 Å². The fourth-order valence-electron chi connectivity index (χ4n) is 1.17. The summed E-state index contributed by atoms with van der Waals surface area (Å²) in [4.78, 5) is 0. The van der Waals surface area contributed by atoms with Crippen molar-refractivity contribution in [3.63, 3.8) is 0 Å². The van der Waals surface area contributed by atoms with Crippen molar-refractivity contribution in [1.82, 2.24) is 0 Å². The quantitative estimate of drug-likeness (QED) is 0.595. The van der Waals surface area contributed by atoms with Gasteiger partial charge in [-0.05, 0) is 0 Å². The second-order valence-corrected chi connectivity index (χ2v) is 2.54.